The van der Waals surface area contributed by atoms with E-state index >= 15 is 0 Å². The summed E-state index contributed by atoms with van der Waals surface area (Å²) in [5.74, 6) is 0. The topological polar surface area (TPSA) is 0 Å². The first kappa shape index (κ1) is 144. The Morgan fingerprint density at radius 2 is 0.300 bits per heavy atom. The van der Waals surface area contributed by atoms with Gasteiger partial charge in [-0.25, -0.2) is 0 Å². The SMILES string of the molecule is [Al+3].[Al+3].[Cl-].[Cl-].[Cl-].[Cl-].[Cl-].[Cl-].[Cl-].[Na+]. The fraction of sp³-hybridized carbons (Fsp3) is 0. The van der Waals surface area contributed by atoms with Crippen molar-refractivity contribution in [1.82, 2.24) is 0 Å². The monoisotopic (exact) mass is 322 g/mol. The van der Waals surface area contributed by atoms with Gasteiger partial charge in [0.2, 0.25) is 0 Å². The molecule has 0 aliphatic heterocycles. The second-order valence-electron chi connectivity index (χ2n) is 0. The molecule has 0 nitrogen and oxygen atoms in total. The van der Waals surface area contributed by atoms with Gasteiger partial charge in [-0.2, -0.15) is 0 Å². The van der Waals surface area contributed by atoms with Crippen LogP contribution in [-0.4, -0.2) is 34.7 Å². The maximum absolute atomic E-state index is 0. The molecule has 0 radical (unpaired) electrons. The standard InChI is InChI=1S/2Al.7ClH.Na/h;;7*1H;/q2*+3;;;;;;;;+1/p-7. The van der Waals surface area contributed by atoms with E-state index in [4.69, 9.17) is 0 Å². The predicted octanol–water partition coefficient (Wildman–Crippen LogP) is -24.7. The molecular weight excluding hydrogens is 325 g/mol. The normalized spacial score (nSPS) is 0. The van der Waals surface area contributed by atoms with Gasteiger partial charge in [0.1, 0.15) is 0 Å². The molecule has 0 heterocycles. The van der Waals surface area contributed by atoms with Crippen LogP contribution in [0.25, 0.3) is 0 Å². The predicted molar refractivity (Wildman–Crippen MR) is 11.5 cm³/mol. The molecule has 56 valence electrons. The maximum Gasteiger partial charge on any atom is 3.00 e. The van der Waals surface area contributed by atoms with Crippen molar-refractivity contribution in [3.05, 3.63) is 0 Å². The van der Waals surface area contributed by atoms with Crippen molar-refractivity contribution in [2.24, 2.45) is 0 Å². The summed E-state index contributed by atoms with van der Waals surface area (Å²) in [7, 11) is 0. The summed E-state index contributed by atoms with van der Waals surface area (Å²) in [5.41, 5.74) is 0. The van der Waals surface area contributed by atoms with Crippen molar-refractivity contribution in [3.63, 3.8) is 0 Å². The van der Waals surface area contributed by atoms with Crippen molar-refractivity contribution >= 4 is 34.7 Å². The zero-order chi connectivity index (χ0) is 0. The summed E-state index contributed by atoms with van der Waals surface area (Å²) in [6.07, 6.45) is 0. The van der Waals surface area contributed by atoms with Crippen LogP contribution in [0.3, 0.4) is 0 Å². The molecule has 10 heteroatoms. The molecule has 0 rings (SSSR count). The Morgan fingerprint density at radius 3 is 0.300 bits per heavy atom. The van der Waals surface area contributed by atoms with Gasteiger partial charge in [-0.3, -0.25) is 0 Å². The minimum absolute atomic E-state index is 0. The first-order valence-corrected chi connectivity index (χ1v) is 0. The van der Waals surface area contributed by atoms with E-state index in [2.05, 4.69) is 0 Å². The van der Waals surface area contributed by atoms with E-state index in [1.54, 1.807) is 0 Å². The van der Waals surface area contributed by atoms with Crippen LogP contribution in [-0.2, 0) is 0 Å². The Balaban J connectivity index is 0. The molecular formula is Al2Cl7Na. The van der Waals surface area contributed by atoms with E-state index in [9.17, 15) is 0 Å². The first-order chi connectivity index (χ1) is 0. The van der Waals surface area contributed by atoms with Crippen molar-refractivity contribution < 1.29 is 116 Å². The molecule has 0 aliphatic carbocycles. The number of rotatable bonds is 0. The van der Waals surface area contributed by atoms with Crippen LogP contribution in [0, 0.1) is 0 Å². The van der Waals surface area contributed by atoms with Gasteiger partial charge in [0.25, 0.3) is 0 Å². The van der Waals surface area contributed by atoms with Crippen LogP contribution in [0.5, 0.6) is 0 Å². The Bertz CT molecular complexity index is 11.6. The summed E-state index contributed by atoms with van der Waals surface area (Å²) >= 11 is 0. The van der Waals surface area contributed by atoms with Gasteiger partial charge >= 0.3 is 64.3 Å². The third-order valence-electron chi connectivity index (χ3n) is 0. The zero-order valence-electron chi connectivity index (χ0n) is 4.80. The minimum Gasteiger partial charge on any atom is -1.00 e. The zero-order valence-corrected chi connectivity index (χ0v) is 14.4. The Hall–Kier alpha value is 4.09. The molecule has 0 spiro atoms. The second-order valence-corrected chi connectivity index (χ2v) is 0. The van der Waals surface area contributed by atoms with Gasteiger partial charge in [0.15, 0.2) is 0 Å². The van der Waals surface area contributed by atoms with E-state index in [1.807, 2.05) is 0 Å². The third kappa shape index (κ3) is 88.8. The average Bonchev–Trinajstić information content (AvgIpc) is 0. The van der Waals surface area contributed by atoms with Gasteiger partial charge < -0.3 is 86.8 Å². The largest absolute Gasteiger partial charge is 3.00 e. The molecule has 0 saturated heterocycles. The summed E-state index contributed by atoms with van der Waals surface area (Å²) in [5, 5.41) is 0. The number of halogens is 7. The van der Waals surface area contributed by atoms with E-state index in [0.717, 1.165) is 0 Å². The smallest absolute Gasteiger partial charge is 1.00 e. The van der Waals surface area contributed by atoms with Gasteiger partial charge in [-0.05, 0) is 0 Å². The van der Waals surface area contributed by atoms with E-state index in [1.165, 1.54) is 0 Å². The Labute approximate surface area is 149 Å². The average molecular weight is 325 g/mol. The molecule has 0 aliphatic rings. The molecule has 0 fully saturated rings. The van der Waals surface area contributed by atoms with Crippen LogP contribution >= 0.6 is 0 Å². The van der Waals surface area contributed by atoms with Crippen LogP contribution < -0.4 is 116 Å². The molecule has 0 aromatic heterocycles. The molecule has 0 aromatic rings. The van der Waals surface area contributed by atoms with Crippen LogP contribution in [0.15, 0.2) is 0 Å². The summed E-state index contributed by atoms with van der Waals surface area (Å²) in [6.45, 7) is 0. The molecule has 0 unspecified atom stereocenters. The number of hydrogen-bond acceptors (Lipinski definition) is 0. The van der Waals surface area contributed by atoms with E-state index < -0.39 is 0 Å². The molecule has 0 amide bonds. The molecule has 0 atom stereocenters. The van der Waals surface area contributed by atoms with Gasteiger partial charge in [-0.1, -0.05) is 0 Å². The van der Waals surface area contributed by atoms with Gasteiger partial charge in [-0.15, -0.1) is 0 Å². The molecule has 0 bridgehead atoms. The number of hydrogen-bond donors (Lipinski definition) is 0. The molecule has 0 N–H and O–H groups in total. The van der Waals surface area contributed by atoms with Crippen molar-refractivity contribution in [2.45, 2.75) is 0 Å². The van der Waals surface area contributed by atoms with Crippen molar-refractivity contribution in [1.29, 1.82) is 0 Å². The Kier molecular flexibility index (Phi) is 1650. The second kappa shape index (κ2) is 114. The third-order valence-corrected chi connectivity index (χ3v) is 0. The van der Waals surface area contributed by atoms with E-state index in [-0.39, 0.29) is 151 Å². The quantitative estimate of drug-likeness (QED) is 0.388. The summed E-state index contributed by atoms with van der Waals surface area (Å²) < 4.78 is 0. The fourth-order valence-corrected chi connectivity index (χ4v) is 0. The van der Waals surface area contributed by atoms with Gasteiger partial charge in [0.05, 0.1) is 0 Å². The molecule has 0 aromatic carbocycles. The van der Waals surface area contributed by atoms with Crippen molar-refractivity contribution in [3.8, 4) is 0 Å². The summed E-state index contributed by atoms with van der Waals surface area (Å²) in [4.78, 5) is 0. The fourth-order valence-electron chi connectivity index (χ4n) is 0. The van der Waals surface area contributed by atoms with Crippen molar-refractivity contribution in [2.75, 3.05) is 0 Å². The Morgan fingerprint density at radius 1 is 0.300 bits per heavy atom. The molecule has 0 saturated carbocycles. The van der Waals surface area contributed by atoms with Crippen LogP contribution in [0.1, 0.15) is 0 Å². The maximum atomic E-state index is 0. The van der Waals surface area contributed by atoms with Gasteiger partial charge in [0, 0.05) is 0 Å². The summed E-state index contributed by atoms with van der Waals surface area (Å²) in [6, 6.07) is 0. The van der Waals surface area contributed by atoms with Crippen LogP contribution in [0.2, 0.25) is 0 Å². The van der Waals surface area contributed by atoms with E-state index in [0.29, 0.717) is 0 Å². The minimum atomic E-state index is 0. The van der Waals surface area contributed by atoms with Crippen LogP contribution in [0.4, 0.5) is 0 Å². The molecule has 10 heavy (non-hydrogen) atoms. The first-order valence-electron chi connectivity index (χ1n) is 0.